The number of hydrogen-bond acceptors (Lipinski definition) is 5. The maximum absolute atomic E-state index is 12.9. The molecular weight excluding hydrogens is 458 g/mol. The zero-order valence-electron chi connectivity index (χ0n) is 16.2. The molecule has 0 radical (unpaired) electrons. The highest BCUT2D eigenvalue weighted by molar-refractivity contribution is 9.10. The number of benzene rings is 2. The van der Waals surface area contributed by atoms with Crippen LogP contribution in [-0.4, -0.2) is 50.0 Å². The molecule has 1 amide bonds. The summed E-state index contributed by atoms with van der Waals surface area (Å²) in [6.07, 6.45) is 0.448. The Kier molecular flexibility index (Phi) is 7.18. The fourth-order valence-electron chi connectivity index (χ4n) is 3.26. The van der Waals surface area contributed by atoms with Crippen LogP contribution < -0.4 is 9.47 Å². The van der Waals surface area contributed by atoms with Crippen LogP contribution in [0.25, 0.3) is 0 Å². The standard InChI is InChI=1S/C21H24BrNO5S/c1-2-27-19-7-3-16(4-8-19)13-23(18-11-12-29(25,26)15-18)21(24)14-28-20-9-5-17(22)6-10-20/h3-10,18H,2,11-15H2,1H3. The molecule has 8 heteroatoms. The second-order valence-electron chi connectivity index (χ2n) is 6.90. The van der Waals surface area contributed by atoms with Gasteiger partial charge in [-0.15, -0.1) is 0 Å². The summed E-state index contributed by atoms with van der Waals surface area (Å²) in [6.45, 7) is 2.68. The van der Waals surface area contributed by atoms with E-state index < -0.39 is 9.84 Å². The molecule has 0 aromatic heterocycles. The molecule has 1 fully saturated rings. The molecule has 1 unspecified atom stereocenters. The summed E-state index contributed by atoms with van der Waals surface area (Å²) in [5.74, 6) is 1.22. The highest BCUT2D eigenvalue weighted by Gasteiger charge is 2.34. The molecule has 0 N–H and O–H groups in total. The molecule has 1 heterocycles. The predicted octanol–water partition coefficient (Wildman–Crippen LogP) is 3.44. The molecule has 156 valence electrons. The van der Waals surface area contributed by atoms with Crippen molar-refractivity contribution < 1.29 is 22.7 Å². The SMILES string of the molecule is CCOc1ccc(CN(C(=O)COc2ccc(Br)cc2)C2CCS(=O)(=O)C2)cc1. The van der Waals surface area contributed by atoms with Crippen molar-refractivity contribution in [2.75, 3.05) is 24.7 Å². The van der Waals surface area contributed by atoms with Gasteiger partial charge in [0, 0.05) is 17.1 Å². The van der Waals surface area contributed by atoms with E-state index in [1.165, 1.54) is 0 Å². The molecule has 2 aromatic rings. The van der Waals surface area contributed by atoms with E-state index in [-0.39, 0.29) is 30.1 Å². The first-order valence-electron chi connectivity index (χ1n) is 9.46. The average Bonchev–Trinajstić information content (AvgIpc) is 3.06. The number of sulfone groups is 1. The fraction of sp³-hybridized carbons (Fsp3) is 0.381. The average molecular weight is 482 g/mol. The second-order valence-corrected chi connectivity index (χ2v) is 10.0. The summed E-state index contributed by atoms with van der Waals surface area (Å²) in [6, 6.07) is 14.4. The minimum atomic E-state index is -3.11. The minimum absolute atomic E-state index is 0.00590. The number of ether oxygens (including phenoxy) is 2. The van der Waals surface area contributed by atoms with Gasteiger partial charge in [0.15, 0.2) is 16.4 Å². The molecule has 1 atom stereocenters. The molecule has 6 nitrogen and oxygen atoms in total. The largest absolute Gasteiger partial charge is 0.494 e. The van der Waals surface area contributed by atoms with E-state index >= 15 is 0 Å². The van der Waals surface area contributed by atoms with Gasteiger partial charge in [-0.2, -0.15) is 0 Å². The highest BCUT2D eigenvalue weighted by atomic mass is 79.9. The van der Waals surface area contributed by atoms with Gasteiger partial charge in [-0.05, 0) is 55.3 Å². The second kappa shape index (κ2) is 9.63. The normalized spacial score (nSPS) is 17.7. The third kappa shape index (κ3) is 6.21. The fourth-order valence-corrected chi connectivity index (χ4v) is 5.25. The van der Waals surface area contributed by atoms with Crippen LogP contribution in [0.2, 0.25) is 0 Å². The van der Waals surface area contributed by atoms with Crippen molar-refractivity contribution in [2.24, 2.45) is 0 Å². The predicted molar refractivity (Wildman–Crippen MR) is 115 cm³/mol. The van der Waals surface area contributed by atoms with Crippen molar-refractivity contribution in [3.63, 3.8) is 0 Å². The molecule has 3 rings (SSSR count). The molecule has 1 aliphatic rings. The van der Waals surface area contributed by atoms with Gasteiger partial charge in [0.25, 0.3) is 5.91 Å². The first-order valence-corrected chi connectivity index (χ1v) is 12.1. The third-order valence-electron chi connectivity index (χ3n) is 4.73. The Labute approximate surface area is 179 Å². The molecule has 29 heavy (non-hydrogen) atoms. The molecule has 0 spiro atoms. The monoisotopic (exact) mass is 481 g/mol. The van der Waals surface area contributed by atoms with Gasteiger partial charge in [0.2, 0.25) is 0 Å². The van der Waals surface area contributed by atoms with Crippen molar-refractivity contribution in [3.8, 4) is 11.5 Å². The topological polar surface area (TPSA) is 72.9 Å². The maximum atomic E-state index is 12.9. The van der Waals surface area contributed by atoms with Crippen LogP contribution in [0.4, 0.5) is 0 Å². The van der Waals surface area contributed by atoms with E-state index in [0.717, 1.165) is 15.8 Å². The summed E-state index contributed by atoms with van der Waals surface area (Å²) in [5.41, 5.74) is 0.912. The van der Waals surface area contributed by atoms with E-state index in [1.54, 1.807) is 17.0 Å². The van der Waals surface area contributed by atoms with Crippen LogP contribution >= 0.6 is 15.9 Å². The molecule has 0 bridgehead atoms. The third-order valence-corrected chi connectivity index (χ3v) is 7.01. The van der Waals surface area contributed by atoms with Crippen LogP contribution in [0.3, 0.4) is 0 Å². The lowest BCUT2D eigenvalue weighted by atomic mass is 10.1. The molecular formula is C21H24BrNO5S. The lowest BCUT2D eigenvalue weighted by Gasteiger charge is -2.28. The van der Waals surface area contributed by atoms with Gasteiger partial charge < -0.3 is 14.4 Å². The Balaban J connectivity index is 1.71. The number of carbonyl (C=O) groups excluding carboxylic acids is 1. The van der Waals surface area contributed by atoms with E-state index in [9.17, 15) is 13.2 Å². The molecule has 0 aliphatic carbocycles. The number of halogens is 1. The summed E-state index contributed by atoms with van der Waals surface area (Å²) in [7, 11) is -3.11. The summed E-state index contributed by atoms with van der Waals surface area (Å²) >= 11 is 3.36. The molecule has 1 aliphatic heterocycles. The van der Waals surface area contributed by atoms with Crippen molar-refractivity contribution in [2.45, 2.75) is 25.9 Å². The maximum Gasteiger partial charge on any atom is 0.261 e. The van der Waals surface area contributed by atoms with E-state index in [2.05, 4.69) is 15.9 Å². The van der Waals surface area contributed by atoms with Gasteiger partial charge in [0.1, 0.15) is 11.5 Å². The molecule has 2 aromatic carbocycles. The number of nitrogens with zero attached hydrogens (tertiary/aromatic N) is 1. The Hall–Kier alpha value is -2.06. The van der Waals surface area contributed by atoms with Crippen molar-refractivity contribution in [1.29, 1.82) is 0 Å². The number of rotatable bonds is 8. The van der Waals surface area contributed by atoms with E-state index in [4.69, 9.17) is 9.47 Å². The van der Waals surface area contributed by atoms with Crippen LogP contribution in [0.15, 0.2) is 53.0 Å². The van der Waals surface area contributed by atoms with Crippen LogP contribution in [0, 0.1) is 0 Å². The Bertz CT molecular complexity index is 929. The van der Waals surface area contributed by atoms with Gasteiger partial charge >= 0.3 is 0 Å². The van der Waals surface area contributed by atoms with Gasteiger partial charge in [0.05, 0.1) is 18.1 Å². The highest BCUT2D eigenvalue weighted by Crippen LogP contribution is 2.22. The van der Waals surface area contributed by atoms with Gasteiger partial charge in [-0.3, -0.25) is 4.79 Å². The minimum Gasteiger partial charge on any atom is -0.494 e. The Morgan fingerprint density at radius 3 is 2.28 bits per heavy atom. The number of amides is 1. The summed E-state index contributed by atoms with van der Waals surface area (Å²) < 4.78 is 35.9. The Morgan fingerprint density at radius 1 is 1.07 bits per heavy atom. The zero-order chi connectivity index (χ0) is 20.9. The smallest absolute Gasteiger partial charge is 0.261 e. The van der Waals surface area contributed by atoms with Gasteiger partial charge in [-0.25, -0.2) is 8.42 Å². The summed E-state index contributed by atoms with van der Waals surface area (Å²) in [4.78, 5) is 14.6. The molecule has 1 saturated heterocycles. The van der Waals surface area contributed by atoms with Crippen LogP contribution in [0.5, 0.6) is 11.5 Å². The first kappa shape index (κ1) is 21.6. The van der Waals surface area contributed by atoms with Crippen molar-refractivity contribution in [3.05, 3.63) is 58.6 Å². The number of carbonyl (C=O) groups is 1. The lowest BCUT2D eigenvalue weighted by molar-refractivity contribution is -0.136. The van der Waals surface area contributed by atoms with Gasteiger partial charge in [-0.1, -0.05) is 28.1 Å². The van der Waals surface area contributed by atoms with Crippen LogP contribution in [-0.2, 0) is 21.2 Å². The zero-order valence-corrected chi connectivity index (χ0v) is 18.6. The quantitative estimate of drug-likeness (QED) is 0.577. The van der Waals surface area contributed by atoms with E-state index in [0.29, 0.717) is 25.3 Å². The Morgan fingerprint density at radius 2 is 1.69 bits per heavy atom. The molecule has 0 saturated carbocycles. The van der Waals surface area contributed by atoms with Crippen LogP contribution in [0.1, 0.15) is 18.9 Å². The number of hydrogen-bond donors (Lipinski definition) is 0. The van der Waals surface area contributed by atoms with E-state index in [1.807, 2.05) is 43.3 Å². The summed E-state index contributed by atoms with van der Waals surface area (Å²) in [5, 5.41) is 0. The van der Waals surface area contributed by atoms with Crippen molar-refractivity contribution >= 4 is 31.7 Å². The first-order chi connectivity index (χ1) is 13.9. The lowest BCUT2D eigenvalue weighted by Crippen LogP contribution is -2.43. The van der Waals surface area contributed by atoms with Crippen molar-refractivity contribution in [1.82, 2.24) is 4.90 Å².